The van der Waals surface area contributed by atoms with Gasteiger partial charge in [-0.25, -0.2) is 8.42 Å². The van der Waals surface area contributed by atoms with Crippen LogP contribution < -0.4 is 10.0 Å². The highest BCUT2D eigenvalue weighted by atomic mass is 35.5. The Morgan fingerprint density at radius 3 is 2.19 bits per heavy atom. The fourth-order valence-corrected chi connectivity index (χ4v) is 5.22. The molecule has 3 aromatic rings. The maximum absolute atomic E-state index is 12.5. The predicted octanol–water partition coefficient (Wildman–Crippen LogP) is 5.04. The van der Waals surface area contributed by atoms with Crippen LogP contribution in [0.3, 0.4) is 0 Å². The van der Waals surface area contributed by atoms with Gasteiger partial charge in [0.1, 0.15) is 4.90 Å². The third-order valence-electron chi connectivity index (χ3n) is 3.55. The lowest BCUT2D eigenvalue weighted by atomic mass is 10.2. The Labute approximate surface area is 171 Å². The van der Waals surface area contributed by atoms with Gasteiger partial charge in [0.15, 0.2) is 0 Å². The van der Waals surface area contributed by atoms with Gasteiger partial charge >= 0.3 is 0 Å². The zero-order valence-electron chi connectivity index (χ0n) is 13.8. The second-order valence-electron chi connectivity index (χ2n) is 5.59. The molecule has 0 aliphatic carbocycles. The normalized spacial score (nSPS) is 11.2. The van der Waals surface area contributed by atoms with Crippen LogP contribution in [-0.4, -0.2) is 14.3 Å². The molecule has 0 atom stereocenters. The molecular formula is C18H14Cl2N2O3S2. The molecule has 0 saturated carbocycles. The first kappa shape index (κ1) is 19.7. The topological polar surface area (TPSA) is 75.3 Å². The quantitative estimate of drug-likeness (QED) is 0.563. The Morgan fingerprint density at radius 1 is 0.963 bits per heavy atom. The van der Waals surface area contributed by atoms with Crippen molar-refractivity contribution in [1.82, 2.24) is 0 Å². The van der Waals surface area contributed by atoms with Crippen molar-refractivity contribution in [3.63, 3.8) is 0 Å². The molecule has 0 aliphatic heterocycles. The Bertz CT molecular complexity index is 1030. The fraction of sp³-hybridized carbons (Fsp3) is 0.0556. The number of halogens is 2. The molecule has 3 rings (SSSR count). The second kappa shape index (κ2) is 8.31. The van der Waals surface area contributed by atoms with Gasteiger partial charge in [-0.15, -0.1) is 0 Å². The Morgan fingerprint density at radius 2 is 1.59 bits per heavy atom. The number of benzene rings is 2. The van der Waals surface area contributed by atoms with Crippen LogP contribution in [0.15, 0.2) is 64.2 Å². The molecule has 1 heterocycles. The molecule has 0 bridgehead atoms. The van der Waals surface area contributed by atoms with E-state index in [4.69, 9.17) is 23.2 Å². The van der Waals surface area contributed by atoms with E-state index >= 15 is 0 Å². The molecule has 1 amide bonds. The first-order chi connectivity index (χ1) is 12.8. The third kappa shape index (κ3) is 5.01. The summed E-state index contributed by atoms with van der Waals surface area (Å²) in [7, 11) is -3.94. The molecule has 0 saturated heterocycles. The van der Waals surface area contributed by atoms with Crippen molar-refractivity contribution in [3.05, 3.63) is 74.9 Å². The molecule has 0 spiro atoms. The molecule has 0 aliphatic rings. The summed E-state index contributed by atoms with van der Waals surface area (Å²) in [5.74, 6) is -0.149. The van der Waals surface area contributed by atoms with Crippen molar-refractivity contribution in [2.24, 2.45) is 0 Å². The molecule has 0 radical (unpaired) electrons. The van der Waals surface area contributed by atoms with Crippen LogP contribution in [-0.2, 0) is 21.2 Å². The fourth-order valence-electron chi connectivity index (χ4n) is 2.35. The highest BCUT2D eigenvalue weighted by Gasteiger charge is 2.21. The van der Waals surface area contributed by atoms with Gasteiger partial charge in [0.05, 0.1) is 16.5 Å². The van der Waals surface area contributed by atoms with E-state index in [0.717, 1.165) is 5.56 Å². The number of carbonyl (C=O) groups excluding carboxylic acids is 1. The van der Waals surface area contributed by atoms with Crippen LogP contribution in [0.25, 0.3) is 0 Å². The number of hydrogen-bond donors (Lipinski definition) is 2. The number of rotatable bonds is 6. The van der Waals surface area contributed by atoms with Crippen LogP contribution in [0, 0.1) is 0 Å². The highest BCUT2D eigenvalue weighted by Crippen LogP contribution is 2.30. The van der Waals surface area contributed by atoms with Gasteiger partial charge < -0.3 is 5.32 Å². The molecule has 2 N–H and O–H groups in total. The standard InChI is InChI=1S/C18H14Cl2N2O3S2/c19-15-2-1-3-16(20)18(15)27(24,25)22-14-6-4-13(5-7-14)21-17(23)10-12-8-9-26-11-12/h1-9,11,22H,10H2,(H,21,23). The summed E-state index contributed by atoms with van der Waals surface area (Å²) >= 11 is 13.5. The van der Waals surface area contributed by atoms with E-state index in [-0.39, 0.29) is 27.3 Å². The van der Waals surface area contributed by atoms with Crippen LogP contribution in [0.5, 0.6) is 0 Å². The molecule has 2 aromatic carbocycles. The number of anilines is 2. The van der Waals surface area contributed by atoms with Crippen molar-refractivity contribution in [2.75, 3.05) is 10.0 Å². The number of carbonyl (C=O) groups is 1. The lowest BCUT2D eigenvalue weighted by molar-refractivity contribution is -0.115. The third-order valence-corrected chi connectivity index (χ3v) is 6.62. The minimum absolute atomic E-state index is 0.0345. The van der Waals surface area contributed by atoms with Gasteiger partial charge in [-0.1, -0.05) is 29.3 Å². The maximum atomic E-state index is 12.5. The van der Waals surface area contributed by atoms with Crippen molar-refractivity contribution >= 4 is 61.8 Å². The van der Waals surface area contributed by atoms with Gasteiger partial charge in [-0.05, 0) is 58.8 Å². The average Bonchev–Trinajstić information content (AvgIpc) is 3.09. The summed E-state index contributed by atoms with van der Waals surface area (Å²) in [6, 6.07) is 12.7. The molecule has 140 valence electrons. The van der Waals surface area contributed by atoms with Crippen molar-refractivity contribution in [2.45, 2.75) is 11.3 Å². The average molecular weight is 441 g/mol. The van der Waals surface area contributed by atoms with E-state index in [0.29, 0.717) is 11.4 Å². The maximum Gasteiger partial charge on any atom is 0.264 e. The lowest BCUT2D eigenvalue weighted by Crippen LogP contribution is -2.15. The second-order valence-corrected chi connectivity index (χ2v) is 8.80. The summed E-state index contributed by atoms with van der Waals surface area (Å²) in [6.45, 7) is 0. The zero-order chi connectivity index (χ0) is 19.4. The summed E-state index contributed by atoms with van der Waals surface area (Å²) in [5, 5.41) is 6.66. The van der Waals surface area contributed by atoms with E-state index in [2.05, 4.69) is 10.0 Å². The smallest absolute Gasteiger partial charge is 0.264 e. The monoisotopic (exact) mass is 440 g/mol. The molecule has 0 fully saturated rings. The lowest BCUT2D eigenvalue weighted by Gasteiger charge is -2.11. The first-order valence-electron chi connectivity index (χ1n) is 7.73. The van der Waals surface area contributed by atoms with Crippen LogP contribution in [0.1, 0.15) is 5.56 Å². The number of hydrogen-bond acceptors (Lipinski definition) is 4. The number of amides is 1. The summed E-state index contributed by atoms with van der Waals surface area (Å²) < 4.78 is 27.5. The summed E-state index contributed by atoms with van der Waals surface area (Å²) in [5.41, 5.74) is 1.83. The van der Waals surface area contributed by atoms with Crippen LogP contribution >= 0.6 is 34.5 Å². The van der Waals surface area contributed by atoms with E-state index in [1.165, 1.54) is 23.5 Å². The number of sulfonamides is 1. The van der Waals surface area contributed by atoms with Crippen molar-refractivity contribution in [3.8, 4) is 0 Å². The predicted molar refractivity (Wildman–Crippen MR) is 110 cm³/mol. The SMILES string of the molecule is O=C(Cc1ccsc1)Nc1ccc(NS(=O)(=O)c2c(Cl)cccc2Cl)cc1. The molecule has 9 heteroatoms. The number of nitrogens with one attached hydrogen (secondary N) is 2. The summed E-state index contributed by atoms with van der Waals surface area (Å²) in [6.07, 6.45) is 0.281. The largest absolute Gasteiger partial charge is 0.326 e. The molecular weight excluding hydrogens is 427 g/mol. The van der Waals surface area contributed by atoms with Gasteiger partial charge in [-0.2, -0.15) is 11.3 Å². The first-order valence-corrected chi connectivity index (χ1v) is 10.9. The van der Waals surface area contributed by atoms with Gasteiger partial charge in [0, 0.05) is 11.4 Å². The molecule has 1 aromatic heterocycles. The number of thiophene rings is 1. The molecule has 27 heavy (non-hydrogen) atoms. The summed E-state index contributed by atoms with van der Waals surface area (Å²) in [4.78, 5) is 11.8. The van der Waals surface area contributed by atoms with Gasteiger partial charge in [0.25, 0.3) is 10.0 Å². The zero-order valence-corrected chi connectivity index (χ0v) is 16.9. The van der Waals surface area contributed by atoms with Crippen LogP contribution in [0.4, 0.5) is 11.4 Å². The van der Waals surface area contributed by atoms with E-state index in [9.17, 15) is 13.2 Å². The molecule has 5 nitrogen and oxygen atoms in total. The van der Waals surface area contributed by atoms with Crippen molar-refractivity contribution in [1.29, 1.82) is 0 Å². The van der Waals surface area contributed by atoms with E-state index < -0.39 is 10.0 Å². The Kier molecular flexibility index (Phi) is 6.06. The Balaban J connectivity index is 1.69. The molecule has 0 unspecified atom stereocenters. The highest BCUT2D eigenvalue weighted by molar-refractivity contribution is 7.93. The van der Waals surface area contributed by atoms with Crippen molar-refractivity contribution < 1.29 is 13.2 Å². The Hall–Kier alpha value is -2.06. The van der Waals surface area contributed by atoms with Crippen LogP contribution in [0.2, 0.25) is 10.0 Å². The minimum Gasteiger partial charge on any atom is -0.326 e. The van der Waals surface area contributed by atoms with Gasteiger partial charge in [0.2, 0.25) is 5.91 Å². The van der Waals surface area contributed by atoms with E-state index in [1.54, 1.807) is 30.3 Å². The minimum atomic E-state index is -3.94. The van der Waals surface area contributed by atoms with Gasteiger partial charge in [-0.3, -0.25) is 9.52 Å². The van der Waals surface area contributed by atoms with E-state index in [1.807, 2.05) is 16.8 Å².